The standard InChI is InChI=1S/C14H17ClN2O2S/c1-8(18)5-6-17(2)14(19)13-12(16)10-4-3-9(15)7-11(10)20-13/h3-4,7-8,18H,5-6,16H2,1-2H3. The summed E-state index contributed by atoms with van der Waals surface area (Å²) in [6, 6.07) is 5.40. The van der Waals surface area contributed by atoms with E-state index in [-0.39, 0.29) is 5.91 Å². The summed E-state index contributed by atoms with van der Waals surface area (Å²) in [5, 5.41) is 10.8. The number of benzene rings is 1. The fourth-order valence-electron chi connectivity index (χ4n) is 1.90. The fourth-order valence-corrected chi connectivity index (χ4v) is 3.30. The van der Waals surface area contributed by atoms with E-state index >= 15 is 0 Å². The predicted octanol–water partition coefficient (Wildman–Crippen LogP) is 2.98. The summed E-state index contributed by atoms with van der Waals surface area (Å²) in [6.07, 6.45) is 0.114. The van der Waals surface area contributed by atoms with Gasteiger partial charge in [0.2, 0.25) is 0 Å². The molecule has 0 aliphatic carbocycles. The minimum Gasteiger partial charge on any atom is -0.397 e. The third kappa shape index (κ3) is 3.06. The van der Waals surface area contributed by atoms with Gasteiger partial charge in [0.15, 0.2) is 0 Å². The monoisotopic (exact) mass is 312 g/mol. The van der Waals surface area contributed by atoms with Crippen molar-refractivity contribution in [2.45, 2.75) is 19.4 Å². The van der Waals surface area contributed by atoms with Gasteiger partial charge in [-0.1, -0.05) is 11.6 Å². The van der Waals surface area contributed by atoms with Crippen LogP contribution in [0.25, 0.3) is 10.1 Å². The quantitative estimate of drug-likeness (QED) is 0.912. The normalized spacial score (nSPS) is 12.6. The Morgan fingerprint density at radius 3 is 2.90 bits per heavy atom. The largest absolute Gasteiger partial charge is 0.397 e. The molecule has 1 heterocycles. The van der Waals surface area contributed by atoms with Gasteiger partial charge in [-0.3, -0.25) is 4.79 Å². The maximum absolute atomic E-state index is 12.4. The molecule has 2 aromatic rings. The van der Waals surface area contributed by atoms with Gasteiger partial charge in [0, 0.05) is 28.7 Å². The van der Waals surface area contributed by atoms with E-state index in [9.17, 15) is 9.90 Å². The zero-order valence-electron chi connectivity index (χ0n) is 11.4. The number of anilines is 1. The second-order valence-electron chi connectivity index (χ2n) is 4.85. The summed E-state index contributed by atoms with van der Waals surface area (Å²) >= 11 is 7.30. The molecule has 0 fully saturated rings. The Kier molecular flexibility index (Phi) is 4.52. The molecule has 6 heteroatoms. The van der Waals surface area contributed by atoms with E-state index in [1.54, 1.807) is 24.9 Å². The summed E-state index contributed by atoms with van der Waals surface area (Å²) in [5.41, 5.74) is 6.55. The molecule has 1 atom stereocenters. The molecule has 0 saturated heterocycles. The molecule has 0 saturated carbocycles. The second kappa shape index (κ2) is 5.99. The molecule has 0 aliphatic rings. The van der Waals surface area contributed by atoms with Crippen molar-refractivity contribution in [1.29, 1.82) is 0 Å². The number of carbonyl (C=O) groups excluding carboxylic acids is 1. The number of carbonyl (C=O) groups is 1. The van der Waals surface area contributed by atoms with Gasteiger partial charge in [-0.15, -0.1) is 11.3 Å². The first-order valence-electron chi connectivity index (χ1n) is 6.31. The van der Waals surface area contributed by atoms with E-state index in [1.807, 2.05) is 12.1 Å². The number of nitrogen functional groups attached to an aromatic ring is 1. The van der Waals surface area contributed by atoms with Gasteiger partial charge in [0.1, 0.15) is 4.88 Å². The van der Waals surface area contributed by atoms with Crippen LogP contribution in [0.2, 0.25) is 5.02 Å². The van der Waals surface area contributed by atoms with Crippen LogP contribution < -0.4 is 5.73 Å². The van der Waals surface area contributed by atoms with Gasteiger partial charge < -0.3 is 15.7 Å². The number of halogens is 1. The molecule has 0 spiro atoms. The van der Waals surface area contributed by atoms with Crippen LogP contribution in [0.4, 0.5) is 5.69 Å². The number of aliphatic hydroxyl groups excluding tert-OH is 1. The minimum absolute atomic E-state index is 0.125. The minimum atomic E-state index is -0.427. The number of thiophene rings is 1. The zero-order valence-corrected chi connectivity index (χ0v) is 13.0. The third-order valence-electron chi connectivity index (χ3n) is 3.11. The van der Waals surface area contributed by atoms with Crippen LogP contribution in [-0.4, -0.2) is 35.6 Å². The Hall–Kier alpha value is -1.30. The molecule has 1 aromatic carbocycles. The lowest BCUT2D eigenvalue weighted by atomic mass is 10.2. The zero-order chi connectivity index (χ0) is 14.9. The number of aliphatic hydroxyl groups is 1. The molecule has 20 heavy (non-hydrogen) atoms. The van der Waals surface area contributed by atoms with Gasteiger partial charge in [-0.2, -0.15) is 0 Å². The van der Waals surface area contributed by atoms with E-state index in [0.717, 1.165) is 10.1 Å². The SMILES string of the molecule is CC(O)CCN(C)C(=O)c1sc2cc(Cl)ccc2c1N. The predicted molar refractivity (Wildman–Crippen MR) is 84.5 cm³/mol. The van der Waals surface area contributed by atoms with Crippen molar-refractivity contribution < 1.29 is 9.90 Å². The van der Waals surface area contributed by atoms with Crippen molar-refractivity contribution in [3.63, 3.8) is 0 Å². The smallest absolute Gasteiger partial charge is 0.265 e. The Labute approximate surface area is 126 Å². The number of nitrogens with two attached hydrogens (primary N) is 1. The van der Waals surface area contributed by atoms with Gasteiger partial charge >= 0.3 is 0 Å². The lowest BCUT2D eigenvalue weighted by Gasteiger charge is -2.17. The molecule has 0 bridgehead atoms. The van der Waals surface area contributed by atoms with Crippen molar-refractivity contribution in [1.82, 2.24) is 4.90 Å². The number of fused-ring (bicyclic) bond motifs is 1. The lowest BCUT2D eigenvalue weighted by Crippen LogP contribution is -2.29. The Morgan fingerprint density at radius 2 is 2.25 bits per heavy atom. The maximum atomic E-state index is 12.4. The van der Waals surface area contributed by atoms with Gasteiger partial charge in [-0.05, 0) is 31.5 Å². The highest BCUT2D eigenvalue weighted by molar-refractivity contribution is 7.21. The van der Waals surface area contributed by atoms with E-state index in [0.29, 0.717) is 28.6 Å². The number of amides is 1. The van der Waals surface area contributed by atoms with Crippen LogP contribution in [0, 0.1) is 0 Å². The molecule has 1 aromatic heterocycles. The summed E-state index contributed by atoms with van der Waals surface area (Å²) in [4.78, 5) is 14.5. The average Bonchev–Trinajstić information content (AvgIpc) is 2.71. The third-order valence-corrected chi connectivity index (χ3v) is 4.51. The van der Waals surface area contributed by atoms with Crippen LogP contribution in [0.1, 0.15) is 23.0 Å². The van der Waals surface area contributed by atoms with Gasteiger partial charge in [0.05, 0.1) is 11.8 Å². The Balaban J connectivity index is 2.28. The highest BCUT2D eigenvalue weighted by Crippen LogP contribution is 2.35. The number of hydrogen-bond acceptors (Lipinski definition) is 4. The molecule has 4 nitrogen and oxygen atoms in total. The van der Waals surface area contributed by atoms with Crippen molar-refractivity contribution >= 4 is 44.6 Å². The lowest BCUT2D eigenvalue weighted by molar-refractivity contribution is 0.0774. The van der Waals surface area contributed by atoms with E-state index in [1.165, 1.54) is 11.3 Å². The van der Waals surface area contributed by atoms with Gasteiger partial charge in [-0.25, -0.2) is 0 Å². The highest BCUT2D eigenvalue weighted by atomic mass is 35.5. The van der Waals surface area contributed by atoms with Crippen molar-refractivity contribution in [2.24, 2.45) is 0 Å². The highest BCUT2D eigenvalue weighted by Gasteiger charge is 2.20. The second-order valence-corrected chi connectivity index (χ2v) is 6.34. The Morgan fingerprint density at radius 1 is 1.55 bits per heavy atom. The molecule has 2 rings (SSSR count). The van der Waals surface area contributed by atoms with Crippen LogP contribution in [0.15, 0.2) is 18.2 Å². The summed E-state index contributed by atoms with van der Waals surface area (Å²) < 4.78 is 0.905. The fraction of sp³-hybridized carbons (Fsp3) is 0.357. The molecule has 0 aliphatic heterocycles. The maximum Gasteiger partial charge on any atom is 0.265 e. The molecule has 108 valence electrons. The van der Waals surface area contributed by atoms with E-state index in [4.69, 9.17) is 17.3 Å². The first-order chi connectivity index (χ1) is 9.40. The number of rotatable bonds is 4. The van der Waals surface area contributed by atoms with Crippen LogP contribution in [-0.2, 0) is 0 Å². The van der Waals surface area contributed by atoms with Crippen LogP contribution in [0.3, 0.4) is 0 Å². The molecule has 1 unspecified atom stereocenters. The molecular weight excluding hydrogens is 296 g/mol. The van der Waals surface area contributed by atoms with Gasteiger partial charge in [0.25, 0.3) is 5.91 Å². The molecule has 1 amide bonds. The van der Waals surface area contributed by atoms with E-state index in [2.05, 4.69) is 0 Å². The first kappa shape index (κ1) is 15.1. The number of hydrogen-bond donors (Lipinski definition) is 2. The number of nitrogens with zero attached hydrogens (tertiary/aromatic N) is 1. The topological polar surface area (TPSA) is 66.6 Å². The molecule has 0 radical (unpaired) electrons. The summed E-state index contributed by atoms with van der Waals surface area (Å²) in [7, 11) is 1.71. The van der Waals surface area contributed by atoms with Crippen molar-refractivity contribution in [3.8, 4) is 0 Å². The Bertz CT molecular complexity index is 639. The average molecular weight is 313 g/mol. The molecule has 3 N–H and O–H groups in total. The summed E-state index contributed by atoms with van der Waals surface area (Å²) in [5.74, 6) is -0.125. The first-order valence-corrected chi connectivity index (χ1v) is 7.50. The van der Waals surface area contributed by atoms with Crippen LogP contribution in [0.5, 0.6) is 0 Å². The van der Waals surface area contributed by atoms with Crippen LogP contribution >= 0.6 is 22.9 Å². The van der Waals surface area contributed by atoms with Crippen molar-refractivity contribution in [3.05, 3.63) is 28.1 Å². The summed E-state index contributed by atoms with van der Waals surface area (Å²) in [6.45, 7) is 2.19. The molecular formula is C14H17ClN2O2S. The van der Waals surface area contributed by atoms with Crippen molar-refractivity contribution in [2.75, 3.05) is 19.3 Å². The van der Waals surface area contributed by atoms with E-state index < -0.39 is 6.10 Å².